The number of rotatable bonds is 10. The van der Waals surface area contributed by atoms with Gasteiger partial charge in [-0.25, -0.2) is 19.0 Å². The Morgan fingerprint density at radius 2 is 2.00 bits per heavy atom. The van der Waals surface area contributed by atoms with Gasteiger partial charge in [0.05, 0.1) is 30.7 Å². The summed E-state index contributed by atoms with van der Waals surface area (Å²) in [6.45, 7) is 6.43. The van der Waals surface area contributed by atoms with Gasteiger partial charge in [0.15, 0.2) is 11.5 Å². The zero-order valence-electron chi connectivity index (χ0n) is 20.9. The molecule has 14 heteroatoms. The number of benzene rings is 1. The number of nitrogen functional groups attached to an aromatic ring is 1. The van der Waals surface area contributed by atoms with Gasteiger partial charge in [-0.1, -0.05) is 25.1 Å². The third kappa shape index (κ3) is 6.08. The quantitative estimate of drug-likeness (QED) is 0.256. The highest BCUT2D eigenvalue weighted by Crippen LogP contribution is 2.47. The van der Waals surface area contributed by atoms with E-state index < -0.39 is 38.1 Å². The third-order valence-corrected chi connectivity index (χ3v) is 7.45. The fourth-order valence-corrected chi connectivity index (χ4v) is 5.44. The molecule has 6 atom stereocenters. The molecule has 3 heterocycles. The van der Waals surface area contributed by atoms with Gasteiger partial charge in [0.1, 0.15) is 30.3 Å². The van der Waals surface area contributed by atoms with Crippen molar-refractivity contribution in [1.82, 2.24) is 24.7 Å². The molecule has 0 spiro atoms. The molecule has 2 aromatic heterocycles. The number of esters is 1. The van der Waals surface area contributed by atoms with Gasteiger partial charge in [0.2, 0.25) is 0 Å². The van der Waals surface area contributed by atoms with Crippen molar-refractivity contribution in [1.29, 1.82) is 0 Å². The Hall–Kier alpha value is -3.09. The van der Waals surface area contributed by atoms with Gasteiger partial charge in [-0.05, 0) is 32.9 Å². The highest BCUT2D eigenvalue weighted by atomic mass is 31.2. The molecule has 0 saturated carbocycles. The number of aromatic nitrogens is 4. The molecule has 1 aliphatic rings. The van der Waals surface area contributed by atoms with Gasteiger partial charge < -0.3 is 24.8 Å². The summed E-state index contributed by atoms with van der Waals surface area (Å²) >= 11 is 0. The molecule has 13 nitrogen and oxygen atoms in total. The van der Waals surface area contributed by atoms with Crippen LogP contribution in [0.4, 0.5) is 5.82 Å². The first-order valence-corrected chi connectivity index (χ1v) is 13.4. The number of nitrogens with zero attached hydrogens (tertiary/aromatic N) is 4. The van der Waals surface area contributed by atoms with Crippen molar-refractivity contribution in [2.24, 2.45) is 5.92 Å². The Labute approximate surface area is 213 Å². The van der Waals surface area contributed by atoms with Gasteiger partial charge in [0, 0.05) is 5.92 Å². The Morgan fingerprint density at radius 3 is 2.70 bits per heavy atom. The number of nitrogens with two attached hydrogens (primary N) is 1. The van der Waals surface area contributed by atoms with E-state index >= 15 is 0 Å². The number of carbonyl (C=O) groups excluding carboxylic acids is 1. The summed E-state index contributed by atoms with van der Waals surface area (Å²) in [5.74, 6) is -0.519. The van der Waals surface area contributed by atoms with E-state index in [0.717, 1.165) is 0 Å². The molecule has 4 rings (SSSR count). The molecule has 3 aromatic rings. The SMILES string of the molecule is CC(C)OC(=O)[C@H](C)NP(=O)(OC[C@H]1O[C@H](c2cnc3c(N)ncnn23)[C@@H](C)[C@@H]1O)Oc1ccccc1. The second-order valence-electron chi connectivity index (χ2n) is 9.04. The molecule has 200 valence electrons. The summed E-state index contributed by atoms with van der Waals surface area (Å²) in [7, 11) is -4.12. The number of hydrogen-bond acceptors (Lipinski definition) is 11. The molecule has 37 heavy (non-hydrogen) atoms. The monoisotopic (exact) mass is 534 g/mol. The van der Waals surface area contributed by atoms with Crippen LogP contribution < -0.4 is 15.3 Å². The van der Waals surface area contributed by atoms with Crippen molar-refractivity contribution < 1.29 is 33.0 Å². The summed E-state index contributed by atoms with van der Waals surface area (Å²) in [6.07, 6.45) is 0.0755. The van der Waals surface area contributed by atoms with Crippen LogP contribution in [-0.2, 0) is 23.4 Å². The lowest BCUT2D eigenvalue weighted by Gasteiger charge is -2.25. The van der Waals surface area contributed by atoms with Gasteiger partial charge in [-0.2, -0.15) is 10.2 Å². The van der Waals surface area contributed by atoms with Crippen LogP contribution in [0, 0.1) is 5.92 Å². The number of anilines is 1. The molecular formula is C23H31N6O7P. The highest BCUT2D eigenvalue weighted by molar-refractivity contribution is 7.52. The minimum atomic E-state index is -4.12. The summed E-state index contributed by atoms with van der Waals surface area (Å²) in [5.41, 5.74) is 6.82. The highest BCUT2D eigenvalue weighted by Gasteiger charge is 2.45. The molecule has 4 N–H and O–H groups in total. The normalized spacial score (nSPS) is 24.2. The number of fused-ring (bicyclic) bond motifs is 1. The van der Waals surface area contributed by atoms with Crippen molar-refractivity contribution in [2.45, 2.75) is 58.2 Å². The summed E-state index contributed by atoms with van der Waals surface area (Å²) in [5, 5.41) is 17.7. The van der Waals surface area contributed by atoms with Crippen LogP contribution >= 0.6 is 7.75 Å². The molecule has 0 radical (unpaired) electrons. The second-order valence-corrected chi connectivity index (χ2v) is 10.7. The molecule has 0 bridgehead atoms. The number of carbonyl (C=O) groups is 1. The fourth-order valence-electron chi connectivity index (χ4n) is 3.94. The average Bonchev–Trinajstić information content (AvgIpc) is 3.40. The lowest BCUT2D eigenvalue weighted by molar-refractivity contribution is -0.149. The van der Waals surface area contributed by atoms with Crippen LogP contribution in [0.3, 0.4) is 0 Å². The zero-order chi connectivity index (χ0) is 26.7. The Bertz CT molecular complexity index is 1270. The summed E-state index contributed by atoms with van der Waals surface area (Å²) in [4.78, 5) is 20.5. The standard InChI is InChI=1S/C23H31N6O7P/c1-13(2)34-23(31)15(4)28-37(32,36-16-8-6-5-7-9-16)33-11-18-19(30)14(3)20(35-18)17-10-25-22-21(24)26-12-27-29(17)22/h5-10,12-15,18-20,30H,11H2,1-4H3,(H,28,32)(H2,24,26,27)/t14-,15-,18+,19-,20-,37?/m0/s1. The summed E-state index contributed by atoms with van der Waals surface area (Å²) < 4.78 is 37.8. The lowest BCUT2D eigenvalue weighted by Crippen LogP contribution is -2.37. The van der Waals surface area contributed by atoms with Crippen molar-refractivity contribution >= 4 is 25.2 Å². The summed E-state index contributed by atoms with van der Waals surface area (Å²) in [6, 6.07) is 7.40. The Balaban J connectivity index is 1.50. The maximum absolute atomic E-state index is 13.7. The van der Waals surface area contributed by atoms with Gasteiger partial charge in [-0.15, -0.1) is 0 Å². The fraction of sp³-hybridized carbons (Fsp3) is 0.478. The van der Waals surface area contributed by atoms with Crippen LogP contribution in [-0.4, -0.2) is 61.6 Å². The molecule has 1 aromatic carbocycles. The van der Waals surface area contributed by atoms with Crippen molar-refractivity contribution in [3.63, 3.8) is 0 Å². The Morgan fingerprint density at radius 1 is 1.27 bits per heavy atom. The molecule has 1 aliphatic heterocycles. The van der Waals surface area contributed by atoms with E-state index in [1.165, 1.54) is 17.8 Å². The molecule has 0 amide bonds. The van der Waals surface area contributed by atoms with Crippen LogP contribution in [0.25, 0.3) is 5.65 Å². The molecular weight excluding hydrogens is 503 g/mol. The average molecular weight is 535 g/mol. The maximum Gasteiger partial charge on any atom is 0.459 e. The molecule has 1 saturated heterocycles. The number of aliphatic hydroxyl groups excluding tert-OH is 1. The maximum atomic E-state index is 13.7. The lowest BCUT2D eigenvalue weighted by atomic mass is 9.97. The number of ether oxygens (including phenoxy) is 2. The number of imidazole rings is 1. The number of nitrogens with one attached hydrogen (secondary N) is 1. The van der Waals surface area contributed by atoms with E-state index in [4.69, 9.17) is 24.3 Å². The topological polar surface area (TPSA) is 172 Å². The van der Waals surface area contributed by atoms with Crippen molar-refractivity contribution in [3.05, 3.63) is 48.5 Å². The third-order valence-electron chi connectivity index (χ3n) is 5.80. The molecule has 0 aliphatic carbocycles. The number of para-hydroxylation sites is 1. The van der Waals surface area contributed by atoms with Crippen LogP contribution in [0.2, 0.25) is 0 Å². The predicted octanol–water partition coefficient (Wildman–Crippen LogP) is 2.28. The van der Waals surface area contributed by atoms with Gasteiger partial charge >= 0.3 is 13.7 Å². The van der Waals surface area contributed by atoms with Crippen LogP contribution in [0.1, 0.15) is 39.5 Å². The first-order chi connectivity index (χ1) is 17.6. The van der Waals surface area contributed by atoms with E-state index in [9.17, 15) is 14.5 Å². The molecule has 1 fully saturated rings. The largest absolute Gasteiger partial charge is 0.462 e. The van der Waals surface area contributed by atoms with E-state index in [-0.39, 0.29) is 30.2 Å². The van der Waals surface area contributed by atoms with E-state index in [0.29, 0.717) is 11.3 Å². The van der Waals surface area contributed by atoms with Crippen LogP contribution in [0.15, 0.2) is 42.9 Å². The van der Waals surface area contributed by atoms with E-state index in [1.807, 2.05) is 6.92 Å². The zero-order valence-corrected chi connectivity index (χ0v) is 21.8. The van der Waals surface area contributed by atoms with E-state index in [2.05, 4.69) is 20.2 Å². The number of hydrogen-bond donors (Lipinski definition) is 3. The Kier molecular flexibility index (Phi) is 8.10. The molecule has 1 unspecified atom stereocenters. The minimum Gasteiger partial charge on any atom is -0.462 e. The number of aliphatic hydroxyl groups is 1. The van der Waals surface area contributed by atoms with Gasteiger partial charge in [-0.3, -0.25) is 9.32 Å². The van der Waals surface area contributed by atoms with Crippen molar-refractivity contribution in [2.75, 3.05) is 12.3 Å². The van der Waals surface area contributed by atoms with Crippen LogP contribution in [0.5, 0.6) is 5.75 Å². The van der Waals surface area contributed by atoms with E-state index in [1.54, 1.807) is 50.4 Å². The second kappa shape index (κ2) is 11.1. The van der Waals surface area contributed by atoms with Crippen molar-refractivity contribution in [3.8, 4) is 5.75 Å². The predicted molar refractivity (Wildman–Crippen MR) is 132 cm³/mol. The first kappa shape index (κ1) is 27.0. The minimum absolute atomic E-state index is 0.211. The smallest absolute Gasteiger partial charge is 0.459 e. The first-order valence-electron chi connectivity index (χ1n) is 11.8. The van der Waals surface area contributed by atoms with Gasteiger partial charge in [0.25, 0.3) is 0 Å².